The van der Waals surface area contributed by atoms with Crippen molar-refractivity contribution in [3.8, 4) is 5.75 Å². The second-order valence-electron chi connectivity index (χ2n) is 4.25. The summed E-state index contributed by atoms with van der Waals surface area (Å²) in [6.07, 6.45) is 0. The molecule has 1 aromatic carbocycles. The van der Waals surface area contributed by atoms with Gasteiger partial charge in [-0.05, 0) is 39.2 Å². The molecule has 0 saturated heterocycles. The SMILES string of the molecule is COc1cccc(C(=O)NCC(C)N(C)C)c1. The van der Waals surface area contributed by atoms with Crippen molar-refractivity contribution >= 4 is 5.91 Å². The molecule has 0 spiro atoms. The standard InChI is InChI=1S/C13H20N2O2/c1-10(15(2)3)9-14-13(16)11-6-5-7-12(8-11)17-4/h5-8,10H,9H2,1-4H3,(H,14,16). The minimum Gasteiger partial charge on any atom is -0.497 e. The number of hydrogen-bond acceptors (Lipinski definition) is 3. The van der Waals surface area contributed by atoms with E-state index >= 15 is 0 Å². The summed E-state index contributed by atoms with van der Waals surface area (Å²) in [5.74, 6) is 0.621. The van der Waals surface area contributed by atoms with Gasteiger partial charge in [-0.15, -0.1) is 0 Å². The Bertz CT molecular complexity index is 377. The van der Waals surface area contributed by atoms with Crippen molar-refractivity contribution in [2.45, 2.75) is 13.0 Å². The molecular formula is C13H20N2O2. The van der Waals surface area contributed by atoms with E-state index in [1.165, 1.54) is 0 Å². The van der Waals surface area contributed by atoms with Crippen LogP contribution in [0.2, 0.25) is 0 Å². The van der Waals surface area contributed by atoms with Crippen LogP contribution in [0.25, 0.3) is 0 Å². The molecule has 1 rings (SSSR count). The number of carbonyl (C=O) groups excluding carboxylic acids is 1. The quantitative estimate of drug-likeness (QED) is 0.839. The molecule has 1 unspecified atom stereocenters. The fourth-order valence-corrected chi connectivity index (χ4v) is 1.29. The third-order valence-electron chi connectivity index (χ3n) is 2.77. The lowest BCUT2D eigenvalue weighted by Crippen LogP contribution is -2.38. The average Bonchev–Trinajstić information content (AvgIpc) is 2.35. The van der Waals surface area contributed by atoms with Crippen LogP contribution in [0.5, 0.6) is 5.75 Å². The van der Waals surface area contributed by atoms with Crippen LogP contribution in [0.4, 0.5) is 0 Å². The molecule has 0 aliphatic heterocycles. The first-order chi connectivity index (χ1) is 8.04. The molecule has 1 N–H and O–H groups in total. The van der Waals surface area contributed by atoms with Crippen LogP contribution in [0.15, 0.2) is 24.3 Å². The Labute approximate surface area is 103 Å². The molecule has 94 valence electrons. The highest BCUT2D eigenvalue weighted by atomic mass is 16.5. The molecule has 1 atom stereocenters. The van der Waals surface area contributed by atoms with E-state index in [0.29, 0.717) is 23.9 Å². The van der Waals surface area contributed by atoms with Gasteiger partial charge in [-0.1, -0.05) is 6.07 Å². The van der Waals surface area contributed by atoms with Gasteiger partial charge in [0.1, 0.15) is 5.75 Å². The summed E-state index contributed by atoms with van der Waals surface area (Å²) in [6, 6.07) is 7.44. The van der Waals surface area contributed by atoms with Gasteiger partial charge in [0.05, 0.1) is 7.11 Å². The highest BCUT2D eigenvalue weighted by Crippen LogP contribution is 2.12. The number of hydrogen-bond donors (Lipinski definition) is 1. The maximum absolute atomic E-state index is 11.9. The number of nitrogens with one attached hydrogen (secondary N) is 1. The first-order valence-electron chi connectivity index (χ1n) is 5.63. The lowest BCUT2D eigenvalue weighted by atomic mass is 10.2. The predicted octanol–water partition coefficient (Wildman–Crippen LogP) is 1.38. The van der Waals surface area contributed by atoms with Crippen LogP contribution < -0.4 is 10.1 Å². The van der Waals surface area contributed by atoms with Crippen molar-refractivity contribution in [1.82, 2.24) is 10.2 Å². The molecule has 0 aliphatic carbocycles. The lowest BCUT2D eigenvalue weighted by Gasteiger charge is -2.20. The smallest absolute Gasteiger partial charge is 0.251 e. The van der Waals surface area contributed by atoms with E-state index in [4.69, 9.17) is 4.74 Å². The minimum atomic E-state index is -0.0717. The summed E-state index contributed by atoms with van der Waals surface area (Å²) < 4.78 is 5.08. The Morgan fingerprint density at radius 1 is 1.47 bits per heavy atom. The zero-order valence-corrected chi connectivity index (χ0v) is 10.9. The van der Waals surface area contributed by atoms with Gasteiger partial charge >= 0.3 is 0 Å². The molecule has 0 bridgehead atoms. The molecular weight excluding hydrogens is 216 g/mol. The van der Waals surface area contributed by atoms with E-state index < -0.39 is 0 Å². The van der Waals surface area contributed by atoms with E-state index in [1.54, 1.807) is 19.2 Å². The zero-order valence-electron chi connectivity index (χ0n) is 10.9. The fourth-order valence-electron chi connectivity index (χ4n) is 1.29. The van der Waals surface area contributed by atoms with Gasteiger partial charge in [0.25, 0.3) is 5.91 Å². The number of ether oxygens (including phenoxy) is 1. The summed E-state index contributed by atoms with van der Waals surface area (Å²) in [5.41, 5.74) is 0.621. The monoisotopic (exact) mass is 236 g/mol. The maximum Gasteiger partial charge on any atom is 0.251 e. The Morgan fingerprint density at radius 3 is 2.76 bits per heavy atom. The first kappa shape index (κ1) is 13.5. The van der Waals surface area contributed by atoms with Crippen molar-refractivity contribution in [2.75, 3.05) is 27.7 Å². The predicted molar refractivity (Wildman–Crippen MR) is 68.5 cm³/mol. The van der Waals surface area contributed by atoms with E-state index in [-0.39, 0.29) is 5.91 Å². The van der Waals surface area contributed by atoms with Crippen LogP contribution in [0.1, 0.15) is 17.3 Å². The van der Waals surface area contributed by atoms with Crippen molar-refractivity contribution in [1.29, 1.82) is 0 Å². The topological polar surface area (TPSA) is 41.6 Å². The Morgan fingerprint density at radius 2 is 2.18 bits per heavy atom. The van der Waals surface area contributed by atoms with Gasteiger partial charge in [0, 0.05) is 18.2 Å². The van der Waals surface area contributed by atoms with Crippen molar-refractivity contribution < 1.29 is 9.53 Å². The normalized spacial score (nSPS) is 12.3. The molecule has 0 aromatic heterocycles. The Hall–Kier alpha value is -1.55. The van der Waals surface area contributed by atoms with Crippen molar-refractivity contribution in [3.63, 3.8) is 0 Å². The van der Waals surface area contributed by atoms with Gasteiger partial charge in [-0.25, -0.2) is 0 Å². The van der Waals surface area contributed by atoms with E-state index in [2.05, 4.69) is 17.1 Å². The third kappa shape index (κ3) is 4.07. The number of nitrogens with zero attached hydrogens (tertiary/aromatic N) is 1. The van der Waals surface area contributed by atoms with Crippen LogP contribution >= 0.6 is 0 Å². The average molecular weight is 236 g/mol. The second-order valence-corrected chi connectivity index (χ2v) is 4.25. The van der Waals surface area contributed by atoms with Crippen LogP contribution in [-0.4, -0.2) is 44.6 Å². The number of carbonyl (C=O) groups is 1. The molecule has 1 amide bonds. The molecule has 1 aromatic rings. The van der Waals surface area contributed by atoms with Crippen molar-refractivity contribution in [2.24, 2.45) is 0 Å². The molecule has 4 nitrogen and oxygen atoms in total. The summed E-state index contributed by atoms with van der Waals surface area (Å²) in [6.45, 7) is 2.69. The largest absolute Gasteiger partial charge is 0.497 e. The number of amides is 1. The summed E-state index contributed by atoms with van der Waals surface area (Å²) in [5, 5.41) is 2.90. The Balaban J connectivity index is 2.57. The minimum absolute atomic E-state index is 0.0717. The summed E-state index contributed by atoms with van der Waals surface area (Å²) in [7, 11) is 5.57. The van der Waals surface area contributed by atoms with Gasteiger partial charge in [0.15, 0.2) is 0 Å². The number of likely N-dealkylation sites (N-methyl/N-ethyl adjacent to an activating group) is 1. The molecule has 0 heterocycles. The second kappa shape index (κ2) is 6.25. The highest BCUT2D eigenvalue weighted by molar-refractivity contribution is 5.94. The molecule has 17 heavy (non-hydrogen) atoms. The van der Waals surface area contributed by atoms with E-state index in [1.807, 2.05) is 26.2 Å². The van der Waals surface area contributed by atoms with Gasteiger partial charge in [0.2, 0.25) is 0 Å². The third-order valence-corrected chi connectivity index (χ3v) is 2.77. The summed E-state index contributed by atoms with van der Waals surface area (Å²) in [4.78, 5) is 13.9. The number of rotatable bonds is 5. The zero-order chi connectivity index (χ0) is 12.8. The maximum atomic E-state index is 11.9. The Kier molecular flexibility index (Phi) is 4.97. The molecule has 0 fully saturated rings. The fraction of sp³-hybridized carbons (Fsp3) is 0.462. The summed E-state index contributed by atoms with van der Waals surface area (Å²) >= 11 is 0. The first-order valence-corrected chi connectivity index (χ1v) is 5.63. The lowest BCUT2D eigenvalue weighted by molar-refractivity contribution is 0.0943. The van der Waals surface area contributed by atoms with Gasteiger partial charge in [-0.2, -0.15) is 0 Å². The van der Waals surface area contributed by atoms with Crippen LogP contribution in [0, 0.1) is 0 Å². The van der Waals surface area contributed by atoms with Gasteiger partial charge in [-0.3, -0.25) is 4.79 Å². The molecule has 0 radical (unpaired) electrons. The van der Waals surface area contributed by atoms with Gasteiger partial charge < -0.3 is 15.0 Å². The van der Waals surface area contributed by atoms with Crippen LogP contribution in [-0.2, 0) is 0 Å². The molecule has 0 aliphatic rings. The van der Waals surface area contributed by atoms with E-state index in [9.17, 15) is 4.79 Å². The van der Waals surface area contributed by atoms with E-state index in [0.717, 1.165) is 0 Å². The van der Waals surface area contributed by atoms with Crippen molar-refractivity contribution in [3.05, 3.63) is 29.8 Å². The number of methoxy groups -OCH3 is 1. The number of benzene rings is 1. The molecule has 0 saturated carbocycles. The van der Waals surface area contributed by atoms with Crippen LogP contribution in [0.3, 0.4) is 0 Å². The highest BCUT2D eigenvalue weighted by Gasteiger charge is 2.09. The molecule has 4 heteroatoms.